The monoisotopic (exact) mass is 311 g/mol. The lowest BCUT2D eigenvalue weighted by Gasteiger charge is -2.08. The summed E-state index contributed by atoms with van der Waals surface area (Å²) in [6.45, 7) is 0.395. The fraction of sp³-hybridized carbons (Fsp3) is 0.417. The maximum absolute atomic E-state index is 11.2. The van der Waals surface area contributed by atoms with Crippen LogP contribution in [-0.4, -0.2) is 47.7 Å². The fourth-order valence-electron chi connectivity index (χ4n) is 1.88. The van der Waals surface area contributed by atoms with E-state index in [1.807, 2.05) is 0 Å². The van der Waals surface area contributed by atoms with Crippen LogP contribution in [0.5, 0.6) is 5.75 Å². The van der Waals surface area contributed by atoms with Gasteiger partial charge in [-0.15, -0.1) is 5.10 Å². The number of ether oxygens (including phenoxy) is 1. The lowest BCUT2D eigenvalue weighted by Crippen LogP contribution is -2.10. The summed E-state index contributed by atoms with van der Waals surface area (Å²) in [5.74, 6) is 1.21. The van der Waals surface area contributed by atoms with Gasteiger partial charge in [-0.05, 0) is 35.0 Å². The molecule has 0 amide bonds. The van der Waals surface area contributed by atoms with Gasteiger partial charge < -0.3 is 10.5 Å². The average Bonchev–Trinajstić information content (AvgIpc) is 2.86. The Bertz CT molecular complexity index is 726. The minimum absolute atomic E-state index is 0.0832. The number of rotatable bonds is 6. The number of aromatic nitrogens is 4. The van der Waals surface area contributed by atoms with Gasteiger partial charge in [-0.1, -0.05) is 0 Å². The first kappa shape index (κ1) is 15.2. The Balaban J connectivity index is 2.24. The highest BCUT2D eigenvalue weighted by Gasteiger charge is 2.13. The van der Waals surface area contributed by atoms with Gasteiger partial charge in [0.05, 0.1) is 12.9 Å². The number of anilines is 1. The standard InChI is InChI=1S/C12H17N5O3S/c1-20-9-4-5-11(13)10(8-9)12-14-15-16-17(12)6-3-7-21(2,18)19/h4-5,8H,3,6-7,13H2,1-2H3. The molecule has 0 aliphatic rings. The van der Waals surface area contributed by atoms with E-state index in [4.69, 9.17) is 10.5 Å². The first-order valence-electron chi connectivity index (χ1n) is 6.28. The summed E-state index contributed by atoms with van der Waals surface area (Å²) in [7, 11) is -1.44. The Morgan fingerprint density at radius 3 is 2.81 bits per heavy atom. The molecule has 0 saturated heterocycles. The number of aryl methyl sites for hydroxylation is 1. The van der Waals surface area contributed by atoms with Gasteiger partial charge in [0.2, 0.25) is 0 Å². The van der Waals surface area contributed by atoms with Gasteiger partial charge in [0.1, 0.15) is 15.6 Å². The first-order chi connectivity index (χ1) is 9.90. The van der Waals surface area contributed by atoms with E-state index in [0.717, 1.165) is 0 Å². The van der Waals surface area contributed by atoms with Crippen LogP contribution < -0.4 is 10.5 Å². The van der Waals surface area contributed by atoms with Crippen LogP contribution in [0.4, 0.5) is 5.69 Å². The molecular formula is C12H17N5O3S. The minimum Gasteiger partial charge on any atom is -0.497 e. The van der Waals surface area contributed by atoms with Crippen molar-refractivity contribution in [1.29, 1.82) is 0 Å². The van der Waals surface area contributed by atoms with Crippen LogP contribution in [0.25, 0.3) is 11.4 Å². The zero-order valence-electron chi connectivity index (χ0n) is 11.9. The zero-order valence-corrected chi connectivity index (χ0v) is 12.7. The third kappa shape index (κ3) is 3.91. The number of nitrogen functional groups attached to an aromatic ring is 1. The van der Waals surface area contributed by atoms with Crippen LogP contribution in [0.2, 0.25) is 0 Å². The number of benzene rings is 1. The smallest absolute Gasteiger partial charge is 0.184 e. The van der Waals surface area contributed by atoms with Crippen molar-refractivity contribution in [3.8, 4) is 17.1 Å². The second-order valence-electron chi connectivity index (χ2n) is 4.66. The van der Waals surface area contributed by atoms with Crippen molar-refractivity contribution in [3.05, 3.63) is 18.2 Å². The molecule has 114 valence electrons. The summed E-state index contributed by atoms with van der Waals surface area (Å²) in [6, 6.07) is 5.20. The molecule has 2 aromatic rings. The highest BCUT2D eigenvalue weighted by Crippen LogP contribution is 2.27. The van der Waals surface area contributed by atoms with Crippen LogP contribution in [0.1, 0.15) is 6.42 Å². The largest absolute Gasteiger partial charge is 0.497 e. The maximum atomic E-state index is 11.2. The van der Waals surface area contributed by atoms with Crippen molar-refractivity contribution in [1.82, 2.24) is 20.2 Å². The Labute approximate surface area is 122 Å². The van der Waals surface area contributed by atoms with Gasteiger partial charge >= 0.3 is 0 Å². The normalized spacial score (nSPS) is 11.5. The summed E-state index contributed by atoms with van der Waals surface area (Å²) in [5, 5.41) is 11.5. The lowest BCUT2D eigenvalue weighted by molar-refractivity contribution is 0.415. The Hall–Kier alpha value is -2.16. The molecule has 0 bridgehead atoms. The van der Waals surface area contributed by atoms with Crippen molar-refractivity contribution in [2.45, 2.75) is 13.0 Å². The van der Waals surface area contributed by atoms with Crippen molar-refractivity contribution in [2.75, 3.05) is 24.9 Å². The minimum atomic E-state index is -3.00. The van der Waals surface area contributed by atoms with Gasteiger partial charge in [-0.3, -0.25) is 0 Å². The molecule has 0 radical (unpaired) electrons. The SMILES string of the molecule is COc1ccc(N)c(-c2nnnn2CCCS(C)(=O)=O)c1. The third-order valence-corrected chi connectivity index (χ3v) is 3.95. The summed E-state index contributed by atoms with van der Waals surface area (Å²) >= 11 is 0. The van der Waals surface area contributed by atoms with Crippen LogP contribution in [-0.2, 0) is 16.4 Å². The topological polar surface area (TPSA) is 113 Å². The lowest BCUT2D eigenvalue weighted by atomic mass is 10.1. The van der Waals surface area contributed by atoms with Crippen LogP contribution >= 0.6 is 0 Å². The molecule has 0 saturated carbocycles. The molecule has 0 aliphatic heterocycles. The molecular weight excluding hydrogens is 294 g/mol. The van der Waals surface area contributed by atoms with Crippen LogP contribution in [0, 0.1) is 0 Å². The van der Waals surface area contributed by atoms with Gasteiger partial charge in [0.25, 0.3) is 0 Å². The molecule has 1 heterocycles. The second kappa shape index (κ2) is 6.08. The molecule has 0 spiro atoms. The molecule has 2 N–H and O–H groups in total. The molecule has 2 rings (SSSR count). The van der Waals surface area contributed by atoms with E-state index in [-0.39, 0.29) is 5.75 Å². The van der Waals surface area contributed by atoms with Crippen molar-refractivity contribution >= 4 is 15.5 Å². The molecule has 21 heavy (non-hydrogen) atoms. The Kier molecular flexibility index (Phi) is 4.41. The number of nitrogens with zero attached hydrogens (tertiary/aromatic N) is 4. The van der Waals surface area contributed by atoms with E-state index in [1.165, 1.54) is 10.9 Å². The number of methoxy groups -OCH3 is 1. The van der Waals surface area contributed by atoms with E-state index < -0.39 is 9.84 Å². The molecule has 0 fully saturated rings. The van der Waals surface area contributed by atoms with E-state index in [2.05, 4.69) is 15.5 Å². The number of nitrogens with two attached hydrogens (primary N) is 1. The number of sulfone groups is 1. The predicted molar refractivity (Wildman–Crippen MR) is 78.5 cm³/mol. The maximum Gasteiger partial charge on any atom is 0.184 e. The molecule has 8 nitrogen and oxygen atoms in total. The Morgan fingerprint density at radius 1 is 1.38 bits per heavy atom. The molecule has 0 aliphatic carbocycles. The van der Waals surface area contributed by atoms with Crippen molar-refractivity contribution < 1.29 is 13.2 Å². The zero-order chi connectivity index (χ0) is 15.5. The van der Waals surface area contributed by atoms with Crippen LogP contribution in [0.3, 0.4) is 0 Å². The quantitative estimate of drug-likeness (QED) is 0.766. The van der Waals surface area contributed by atoms with Gasteiger partial charge in [0, 0.05) is 24.1 Å². The molecule has 1 aromatic heterocycles. The van der Waals surface area contributed by atoms with Crippen molar-refractivity contribution in [2.24, 2.45) is 0 Å². The molecule has 9 heteroatoms. The fourth-order valence-corrected chi connectivity index (χ4v) is 2.53. The third-order valence-electron chi connectivity index (χ3n) is 2.92. The van der Waals surface area contributed by atoms with E-state index >= 15 is 0 Å². The molecule has 1 aromatic carbocycles. The van der Waals surface area contributed by atoms with Crippen molar-refractivity contribution in [3.63, 3.8) is 0 Å². The number of tetrazole rings is 1. The second-order valence-corrected chi connectivity index (χ2v) is 6.92. The van der Waals surface area contributed by atoms with Gasteiger partial charge in [-0.2, -0.15) is 0 Å². The van der Waals surface area contributed by atoms with E-state index in [9.17, 15) is 8.42 Å². The Morgan fingerprint density at radius 2 is 2.14 bits per heavy atom. The summed E-state index contributed by atoms with van der Waals surface area (Å²) in [5.41, 5.74) is 7.12. The molecule has 0 atom stereocenters. The van der Waals surface area contributed by atoms with Crippen LogP contribution in [0.15, 0.2) is 18.2 Å². The van der Waals surface area contributed by atoms with Gasteiger partial charge in [0.15, 0.2) is 5.82 Å². The highest BCUT2D eigenvalue weighted by atomic mass is 32.2. The number of hydrogen-bond acceptors (Lipinski definition) is 7. The predicted octanol–water partition coefficient (Wildman–Crippen LogP) is 0.366. The van der Waals surface area contributed by atoms with Gasteiger partial charge in [-0.25, -0.2) is 13.1 Å². The molecule has 0 unspecified atom stereocenters. The first-order valence-corrected chi connectivity index (χ1v) is 8.34. The number of hydrogen-bond donors (Lipinski definition) is 1. The van der Waals surface area contributed by atoms with E-state index in [1.54, 1.807) is 25.3 Å². The summed E-state index contributed by atoms with van der Waals surface area (Å²) in [6.07, 6.45) is 1.63. The summed E-state index contributed by atoms with van der Waals surface area (Å²) < 4.78 is 29.0. The summed E-state index contributed by atoms with van der Waals surface area (Å²) in [4.78, 5) is 0. The highest BCUT2D eigenvalue weighted by molar-refractivity contribution is 7.90. The average molecular weight is 311 g/mol. The van der Waals surface area contributed by atoms with E-state index in [0.29, 0.717) is 35.8 Å².